The molecule has 1 heterocycles. The Morgan fingerprint density at radius 3 is 2.62 bits per heavy atom. The van der Waals surface area contributed by atoms with Crippen LogP contribution >= 0.6 is 0 Å². The van der Waals surface area contributed by atoms with Crippen LogP contribution in [0, 0.1) is 0 Å². The summed E-state index contributed by atoms with van der Waals surface area (Å²) in [5.41, 5.74) is -0.0456. The highest BCUT2D eigenvalue weighted by atomic mass is 19.4. The number of amides is 2. The molecular formula is C17H24F3N3O. The standard InChI is InChI=1S/C17H24F3N3O/c1-4-13-7-5-6-10-23(13)16(24)21-14-11-12(17(18,19)20)8-9-15(14)22(2)3/h8-9,11,13H,4-7,10H2,1-3H3,(H,21,24). The maximum absolute atomic E-state index is 13.0. The SMILES string of the molecule is CCC1CCCCN1C(=O)Nc1cc(C(F)(F)F)ccc1N(C)C. The fourth-order valence-corrected chi connectivity index (χ4v) is 3.08. The third-order valence-electron chi connectivity index (χ3n) is 4.41. The monoisotopic (exact) mass is 343 g/mol. The minimum Gasteiger partial charge on any atom is -0.376 e. The second kappa shape index (κ2) is 7.32. The summed E-state index contributed by atoms with van der Waals surface area (Å²) in [6, 6.07) is 3.22. The Kier molecular flexibility index (Phi) is 5.62. The van der Waals surface area contributed by atoms with Crippen molar-refractivity contribution >= 4 is 17.4 Å². The molecule has 1 fully saturated rings. The first-order chi connectivity index (χ1) is 11.2. The molecule has 134 valence electrons. The molecule has 1 aliphatic heterocycles. The van der Waals surface area contributed by atoms with E-state index in [0.717, 1.165) is 37.8 Å². The third kappa shape index (κ3) is 4.13. The number of carbonyl (C=O) groups is 1. The van der Waals surface area contributed by atoms with Crippen molar-refractivity contribution in [3.05, 3.63) is 23.8 Å². The van der Waals surface area contributed by atoms with Crippen molar-refractivity contribution in [2.24, 2.45) is 0 Å². The molecule has 1 aromatic rings. The van der Waals surface area contributed by atoms with Gasteiger partial charge in [0, 0.05) is 26.7 Å². The predicted octanol–water partition coefficient (Wildman–Crippen LogP) is 4.57. The van der Waals surface area contributed by atoms with E-state index in [4.69, 9.17) is 0 Å². The van der Waals surface area contributed by atoms with Crippen molar-refractivity contribution in [3.63, 3.8) is 0 Å². The summed E-state index contributed by atoms with van der Waals surface area (Å²) >= 11 is 0. The van der Waals surface area contributed by atoms with Gasteiger partial charge in [-0.25, -0.2) is 4.79 Å². The molecule has 0 bridgehead atoms. The second-order valence-corrected chi connectivity index (χ2v) is 6.31. The Bertz CT molecular complexity index is 587. The first-order valence-electron chi connectivity index (χ1n) is 8.20. The number of piperidine rings is 1. The van der Waals surface area contributed by atoms with Gasteiger partial charge in [0.1, 0.15) is 0 Å². The summed E-state index contributed by atoms with van der Waals surface area (Å²) in [5, 5.41) is 2.68. The van der Waals surface area contributed by atoms with E-state index in [1.807, 2.05) is 6.92 Å². The first kappa shape index (κ1) is 18.4. The summed E-state index contributed by atoms with van der Waals surface area (Å²) in [7, 11) is 3.46. The second-order valence-electron chi connectivity index (χ2n) is 6.31. The van der Waals surface area contributed by atoms with E-state index in [9.17, 15) is 18.0 Å². The molecule has 1 saturated heterocycles. The zero-order valence-electron chi connectivity index (χ0n) is 14.3. The summed E-state index contributed by atoms with van der Waals surface area (Å²) in [6.45, 7) is 2.66. The van der Waals surface area contributed by atoms with Gasteiger partial charge in [-0.15, -0.1) is 0 Å². The zero-order chi connectivity index (χ0) is 17.9. The zero-order valence-corrected chi connectivity index (χ0v) is 14.3. The lowest BCUT2D eigenvalue weighted by Gasteiger charge is -2.35. The van der Waals surface area contributed by atoms with Crippen LogP contribution in [0.3, 0.4) is 0 Å². The van der Waals surface area contributed by atoms with Crippen LogP contribution in [-0.2, 0) is 6.18 Å². The molecule has 2 rings (SSSR count). The number of rotatable bonds is 3. The summed E-state index contributed by atoms with van der Waals surface area (Å²) in [5.74, 6) is 0. The number of halogens is 3. The van der Waals surface area contributed by atoms with Gasteiger partial charge in [-0.1, -0.05) is 6.92 Å². The molecule has 0 aromatic heterocycles. The lowest BCUT2D eigenvalue weighted by Crippen LogP contribution is -2.45. The molecule has 0 saturated carbocycles. The number of hydrogen-bond acceptors (Lipinski definition) is 2. The molecule has 1 aromatic carbocycles. The first-order valence-corrected chi connectivity index (χ1v) is 8.20. The molecule has 1 unspecified atom stereocenters. The number of hydrogen-bond donors (Lipinski definition) is 1. The van der Waals surface area contributed by atoms with Gasteiger partial charge in [0.05, 0.1) is 16.9 Å². The molecule has 2 amide bonds. The number of nitrogens with zero attached hydrogens (tertiary/aromatic N) is 2. The van der Waals surface area contributed by atoms with Crippen molar-refractivity contribution in [1.82, 2.24) is 4.90 Å². The van der Waals surface area contributed by atoms with E-state index in [1.165, 1.54) is 6.07 Å². The summed E-state index contributed by atoms with van der Waals surface area (Å²) in [6.07, 6.45) is -0.660. The van der Waals surface area contributed by atoms with Crippen LogP contribution in [0.15, 0.2) is 18.2 Å². The maximum Gasteiger partial charge on any atom is 0.416 e. The number of urea groups is 1. The molecule has 1 aliphatic rings. The molecule has 0 radical (unpaired) electrons. The van der Waals surface area contributed by atoms with Crippen molar-refractivity contribution in [3.8, 4) is 0 Å². The van der Waals surface area contributed by atoms with Gasteiger partial charge >= 0.3 is 12.2 Å². The van der Waals surface area contributed by atoms with Crippen molar-refractivity contribution in [2.75, 3.05) is 30.9 Å². The van der Waals surface area contributed by atoms with Crippen molar-refractivity contribution < 1.29 is 18.0 Å². The molecule has 7 heteroatoms. The van der Waals surface area contributed by atoms with Gasteiger partial charge in [0.2, 0.25) is 0 Å². The third-order valence-corrected chi connectivity index (χ3v) is 4.41. The Morgan fingerprint density at radius 2 is 2.04 bits per heavy atom. The van der Waals surface area contributed by atoms with Crippen molar-refractivity contribution in [1.29, 1.82) is 0 Å². The summed E-state index contributed by atoms with van der Waals surface area (Å²) < 4.78 is 38.9. The van der Waals surface area contributed by atoms with Crippen LogP contribution in [-0.4, -0.2) is 37.6 Å². The Labute approximate surface area is 140 Å². The van der Waals surface area contributed by atoms with Gasteiger partial charge in [0.25, 0.3) is 0 Å². The highest BCUT2D eigenvalue weighted by molar-refractivity contribution is 5.93. The number of nitrogens with one attached hydrogen (secondary N) is 1. The fraction of sp³-hybridized carbons (Fsp3) is 0.588. The largest absolute Gasteiger partial charge is 0.416 e. The smallest absolute Gasteiger partial charge is 0.376 e. The Balaban J connectivity index is 2.27. The van der Waals surface area contributed by atoms with Gasteiger partial charge in [-0.3, -0.25) is 0 Å². The van der Waals surface area contributed by atoms with Gasteiger partial charge in [-0.2, -0.15) is 13.2 Å². The summed E-state index contributed by atoms with van der Waals surface area (Å²) in [4.78, 5) is 16.0. The van der Waals surface area contributed by atoms with Gasteiger partial charge in [0.15, 0.2) is 0 Å². The fourth-order valence-electron chi connectivity index (χ4n) is 3.08. The Morgan fingerprint density at radius 1 is 1.33 bits per heavy atom. The topological polar surface area (TPSA) is 35.6 Å². The lowest BCUT2D eigenvalue weighted by molar-refractivity contribution is -0.137. The number of anilines is 2. The van der Waals surface area contributed by atoms with Crippen LogP contribution in [0.25, 0.3) is 0 Å². The molecule has 4 nitrogen and oxygen atoms in total. The number of likely N-dealkylation sites (tertiary alicyclic amines) is 1. The molecule has 0 spiro atoms. The van der Waals surface area contributed by atoms with Crippen LogP contribution in [0.4, 0.5) is 29.3 Å². The van der Waals surface area contributed by atoms with E-state index in [2.05, 4.69) is 5.32 Å². The number of carbonyl (C=O) groups excluding carboxylic acids is 1. The van der Waals surface area contributed by atoms with Crippen molar-refractivity contribution in [2.45, 2.75) is 44.8 Å². The van der Waals surface area contributed by atoms with E-state index < -0.39 is 11.7 Å². The van der Waals surface area contributed by atoms with Crippen LogP contribution < -0.4 is 10.2 Å². The van der Waals surface area contributed by atoms with E-state index in [-0.39, 0.29) is 17.8 Å². The average molecular weight is 343 g/mol. The van der Waals surface area contributed by atoms with E-state index in [0.29, 0.717) is 12.2 Å². The highest BCUT2D eigenvalue weighted by Gasteiger charge is 2.32. The molecule has 0 aliphatic carbocycles. The average Bonchev–Trinajstić information content (AvgIpc) is 2.53. The number of alkyl halides is 3. The number of benzene rings is 1. The maximum atomic E-state index is 13.0. The predicted molar refractivity (Wildman–Crippen MR) is 89.4 cm³/mol. The normalized spacial score (nSPS) is 18.4. The van der Waals surface area contributed by atoms with E-state index in [1.54, 1.807) is 23.9 Å². The van der Waals surface area contributed by atoms with E-state index >= 15 is 0 Å². The van der Waals surface area contributed by atoms with Crippen LogP contribution in [0.1, 0.15) is 38.2 Å². The minimum atomic E-state index is -4.44. The van der Waals surface area contributed by atoms with Gasteiger partial charge < -0.3 is 15.1 Å². The minimum absolute atomic E-state index is 0.146. The Hall–Kier alpha value is -1.92. The van der Waals surface area contributed by atoms with Gasteiger partial charge in [-0.05, 0) is 43.9 Å². The molecular weight excluding hydrogens is 319 g/mol. The van der Waals surface area contributed by atoms with Crippen LogP contribution in [0.2, 0.25) is 0 Å². The lowest BCUT2D eigenvalue weighted by atomic mass is 10.0. The highest BCUT2D eigenvalue weighted by Crippen LogP contribution is 2.35. The van der Waals surface area contributed by atoms with Crippen LogP contribution in [0.5, 0.6) is 0 Å². The molecule has 1 N–H and O–H groups in total. The quantitative estimate of drug-likeness (QED) is 0.873. The molecule has 1 atom stereocenters. The molecule has 24 heavy (non-hydrogen) atoms.